The monoisotopic (exact) mass is 181 g/mol. The van der Waals surface area contributed by atoms with Gasteiger partial charge in [0.2, 0.25) is 11.9 Å². The molecule has 0 amide bonds. The summed E-state index contributed by atoms with van der Waals surface area (Å²) in [5.41, 5.74) is 5.36. The zero-order valence-electron chi connectivity index (χ0n) is 6.46. The lowest BCUT2D eigenvalue weighted by atomic mass is 10.2. The summed E-state index contributed by atoms with van der Waals surface area (Å²) in [4.78, 5) is 6.99. The maximum Gasteiger partial charge on any atom is 0.225 e. The van der Waals surface area contributed by atoms with Crippen molar-refractivity contribution < 1.29 is 8.78 Å². The molecule has 0 aliphatic rings. The highest BCUT2D eigenvalue weighted by atomic mass is 19.1. The van der Waals surface area contributed by atoms with Crippen LogP contribution in [0.2, 0.25) is 0 Å². The lowest BCUT2D eigenvalue weighted by Crippen LogP contribution is -1.98. The summed E-state index contributed by atoms with van der Waals surface area (Å²) < 4.78 is 25.7. The van der Waals surface area contributed by atoms with Gasteiger partial charge >= 0.3 is 0 Å². The van der Waals surface area contributed by atoms with Gasteiger partial charge in [0, 0.05) is 6.07 Å². The van der Waals surface area contributed by atoms with E-state index in [1.165, 1.54) is 6.07 Å². The molecule has 66 valence electrons. The van der Waals surface area contributed by atoms with E-state index in [0.717, 1.165) is 12.1 Å². The smallest absolute Gasteiger partial charge is 0.225 e. The summed E-state index contributed by atoms with van der Waals surface area (Å²) in [5.74, 6) is -1.41. The summed E-state index contributed by atoms with van der Waals surface area (Å²) in [5, 5.41) is 0.163. The van der Waals surface area contributed by atoms with Crippen LogP contribution < -0.4 is 5.73 Å². The van der Waals surface area contributed by atoms with Crippen LogP contribution in [0.4, 0.5) is 14.7 Å². The molecule has 13 heavy (non-hydrogen) atoms. The van der Waals surface area contributed by atoms with Crippen molar-refractivity contribution in [2.45, 2.75) is 0 Å². The number of hydrogen-bond acceptors (Lipinski definition) is 3. The van der Waals surface area contributed by atoms with Crippen LogP contribution >= 0.6 is 0 Å². The summed E-state index contributed by atoms with van der Waals surface area (Å²) in [6.07, 6.45) is 0. The second-order valence-electron chi connectivity index (χ2n) is 2.53. The van der Waals surface area contributed by atoms with Gasteiger partial charge in [0.05, 0.1) is 10.9 Å². The highest BCUT2D eigenvalue weighted by Gasteiger charge is 2.05. The minimum atomic E-state index is -0.734. The maximum absolute atomic E-state index is 13.0. The minimum Gasteiger partial charge on any atom is -0.368 e. The van der Waals surface area contributed by atoms with Crippen molar-refractivity contribution in [3.8, 4) is 0 Å². The molecule has 1 aromatic heterocycles. The molecule has 0 saturated carbocycles. The van der Waals surface area contributed by atoms with E-state index < -0.39 is 11.8 Å². The Morgan fingerprint density at radius 3 is 2.69 bits per heavy atom. The first-order chi connectivity index (χ1) is 6.16. The Labute approximate surface area is 72.2 Å². The van der Waals surface area contributed by atoms with Crippen molar-refractivity contribution in [1.82, 2.24) is 9.97 Å². The predicted octanol–water partition coefficient (Wildman–Crippen LogP) is 1.49. The molecule has 0 unspecified atom stereocenters. The Morgan fingerprint density at radius 2 is 1.92 bits per heavy atom. The number of halogens is 2. The van der Waals surface area contributed by atoms with Crippen LogP contribution in [0.25, 0.3) is 10.9 Å². The molecule has 0 fully saturated rings. The Morgan fingerprint density at radius 1 is 1.15 bits per heavy atom. The normalized spacial score (nSPS) is 10.6. The number of nitrogens with two attached hydrogens (primary N) is 1. The van der Waals surface area contributed by atoms with E-state index in [-0.39, 0.29) is 16.9 Å². The molecule has 0 saturated heterocycles. The van der Waals surface area contributed by atoms with Gasteiger partial charge in [-0.15, -0.1) is 0 Å². The van der Waals surface area contributed by atoms with E-state index in [4.69, 9.17) is 5.73 Å². The number of fused-ring (bicyclic) bond motifs is 1. The van der Waals surface area contributed by atoms with Gasteiger partial charge in [-0.05, 0) is 12.1 Å². The molecule has 0 aliphatic carbocycles. The third-order valence-electron chi connectivity index (χ3n) is 1.63. The number of aromatic nitrogens is 2. The third-order valence-corrected chi connectivity index (χ3v) is 1.63. The van der Waals surface area contributed by atoms with Gasteiger partial charge in [0.15, 0.2) is 0 Å². The molecule has 2 aromatic rings. The van der Waals surface area contributed by atoms with Crippen molar-refractivity contribution in [3.05, 3.63) is 30.0 Å². The van der Waals surface area contributed by atoms with E-state index in [2.05, 4.69) is 9.97 Å². The van der Waals surface area contributed by atoms with Crippen LogP contribution in [0.1, 0.15) is 0 Å². The Hall–Kier alpha value is -1.78. The second-order valence-corrected chi connectivity index (χ2v) is 2.53. The topological polar surface area (TPSA) is 51.8 Å². The number of nitrogen functional groups attached to an aromatic ring is 1. The molecule has 0 radical (unpaired) electrons. The van der Waals surface area contributed by atoms with Gasteiger partial charge in [-0.3, -0.25) is 0 Å². The Kier molecular flexibility index (Phi) is 1.58. The SMILES string of the molecule is Nc1nc(F)c2ccc(F)cc2n1. The standard InChI is InChI=1S/C8H5F2N3/c9-4-1-2-5-6(3-4)12-8(11)13-7(5)10/h1-3H,(H2,11,12,13). The lowest BCUT2D eigenvalue weighted by Gasteiger charge is -1.98. The van der Waals surface area contributed by atoms with Crippen LogP contribution in [0, 0.1) is 11.8 Å². The summed E-state index contributed by atoms with van der Waals surface area (Å²) in [6.45, 7) is 0. The lowest BCUT2D eigenvalue weighted by molar-refractivity contribution is 0.594. The number of rotatable bonds is 0. The molecule has 3 nitrogen and oxygen atoms in total. The average molecular weight is 181 g/mol. The molecule has 1 aromatic carbocycles. The van der Waals surface area contributed by atoms with E-state index >= 15 is 0 Å². The largest absolute Gasteiger partial charge is 0.368 e. The third kappa shape index (κ3) is 1.28. The number of hydrogen-bond donors (Lipinski definition) is 1. The van der Waals surface area contributed by atoms with Crippen molar-refractivity contribution in [3.63, 3.8) is 0 Å². The van der Waals surface area contributed by atoms with E-state index in [1.54, 1.807) is 0 Å². The number of benzene rings is 1. The predicted molar refractivity (Wildman–Crippen MR) is 43.9 cm³/mol. The molecule has 5 heteroatoms. The summed E-state index contributed by atoms with van der Waals surface area (Å²) in [6, 6.07) is 3.53. The number of nitrogens with zero attached hydrogens (tertiary/aromatic N) is 2. The fourth-order valence-electron chi connectivity index (χ4n) is 1.08. The zero-order valence-corrected chi connectivity index (χ0v) is 6.46. The molecule has 2 N–H and O–H groups in total. The van der Waals surface area contributed by atoms with Crippen molar-refractivity contribution >= 4 is 16.9 Å². The fourth-order valence-corrected chi connectivity index (χ4v) is 1.08. The maximum atomic E-state index is 13.0. The minimum absolute atomic E-state index is 0.163. The van der Waals surface area contributed by atoms with Gasteiger partial charge in [0.25, 0.3) is 0 Å². The molecule has 1 heterocycles. The van der Waals surface area contributed by atoms with Gasteiger partial charge in [-0.2, -0.15) is 9.37 Å². The average Bonchev–Trinajstić information content (AvgIpc) is 2.02. The summed E-state index contributed by atoms with van der Waals surface area (Å²) >= 11 is 0. The molecule has 0 atom stereocenters. The highest BCUT2D eigenvalue weighted by molar-refractivity contribution is 5.79. The highest BCUT2D eigenvalue weighted by Crippen LogP contribution is 2.16. The van der Waals surface area contributed by atoms with Crippen LogP contribution in [0.3, 0.4) is 0 Å². The van der Waals surface area contributed by atoms with Gasteiger partial charge in [0.1, 0.15) is 5.82 Å². The molecule has 0 bridgehead atoms. The number of anilines is 1. The quantitative estimate of drug-likeness (QED) is 0.626. The van der Waals surface area contributed by atoms with E-state index in [1.807, 2.05) is 0 Å². The van der Waals surface area contributed by atoms with Gasteiger partial charge in [-0.1, -0.05) is 0 Å². The van der Waals surface area contributed by atoms with Crippen molar-refractivity contribution in [1.29, 1.82) is 0 Å². The Bertz CT molecular complexity index is 465. The first-order valence-electron chi connectivity index (χ1n) is 3.55. The molecule has 2 rings (SSSR count). The second kappa shape index (κ2) is 2.62. The van der Waals surface area contributed by atoms with Crippen LogP contribution in [0.5, 0.6) is 0 Å². The van der Waals surface area contributed by atoms with Crippen LogP contribution in [-0.4, -0.2) is 9.97 Å². The first-order valence-corrected chi connectivity index (χ1v) is 3.55. The molecular weight excluding hydrogens is 176 g/mol. The van der Waals surface area contributed by atoms with Crippen molar-refractivity contribution in [2.75, 3.05) is 5.73 Å². The van der Waals surface area contributed by atoms with Gasteiger partial charge < -0.3 is 5.73 Å². The van der Waals surface area contributed by atoms with Gasteiger partial charge in [-0.25, -0.2) is 9.37 Å². The van der Waals surface area contributed by atoms with Crippen molar-refractivity contribution in [2.24, 2.45) is 0 Å². The molecule has 0 spiro atoms. The Balaban J connectivity index is 2.86. The van der Waals surface area contributed by atoms with E-state index in [0.29, 0.717) is 0 Å². The molecular formula is C8H5F2N3. The first kappa shape index (κ1) is 7.85. The zero-order chi connectivity index (χ0) is 9.42. The van der Waals surface area contributed by atoms with Crippen LogP contribution in [0.15, 0.2) is 18.2 Å². The summed E-state index contributed by atoms with van der Waals surface area (Å²) in [7, 11) is 0. The fraction of sp³-hybridized carbons (Fsp3) is 0. The van der Waals surface area contributed by atoms with Crippen LogP contribution in [-0.2, 0) is 0 Å². The van der Waals surface area contributed by atoms with E-state index in [9.17, 15) is 8.78 Å². The molecule has 0 aliphatic heterocycles.